The number of para-hydroxylation sites is 1. The lowest BCUT2D eigenvalue weighted by molar-refractivity contribution is -0.118. The van der Waals surface area contributed by atoms with Crippen molar-refractivity contribution in [2.75, 3.05) is 17.2 Å². The van der Waals surface area contributed by atoms with Crippen LogP contribution in [0.3, 0.4) is 0 Å². The van der Waals surface area contributed by atoms with Crippen molar-refractivity contribution < 1.29 is 4.79 Å². The largest absolute Gasteiger partial charge is 0.397 e. The standard InChI is InChI=1S/C13H15N5O/c14-11-3-1-2-10-4-7-18(13(10)11)12(19)5-6-17-9-15-8-16-17/h1-3,8-9H,4-7,14H2. The van der Waals surface area contributed by atoms with Crippen molar-refractivity contribution >= 4 is 17.3 Å². The van der Waals surface area contributed by atoms with Crippen LogP contribution in [0.5, 0.6) is 0 Å². The minimum absolute atomic E-state index is 0.0761. The summed E-state index contributed by atoms with van der Waals surface area (Å²) in [5.41, 5.74) is 8.67. The Labute approximate surface area is 110 Å². The first-order valence-electron chi connectivity index (χ1n) is 6.26. The fourth-order valence-corrected chi connectivity index (χ4v) is 2.43. The van der Waals surface area contributed by atoms with E-state index in [1.54, 1.807) is 15.9 Å². The Morgan fingerprint density at radius 3 is 3.11 bits per heavy atom. The molecule has 2 N–H and O–H groups in total. The zero-order valence-corrected chi connectivity index (χ0v) is 10.5. The molecular formula is C13H15N5O. The summed E-state index contributed by atoms with van der Waals surface area (Å²) in [4.78, 5) is 17.9. The molecule has 0 saturated carbocycles. The van der Waals surface area contributed by atoms with Crippen molar-refractivity contribution in [3.63, 3.8) is 0 Å². The normalized spacial score (nSPS) is 13.6. The smallest absolute Gasteiger partial charge is 0.228 e. The van der Waals surface area contributed by atoms with E-state index in [-0.39, 0.29) is 5.91 Å². The SMILES string of the molecule is Nc1cccc2c1N(C(=O)CCn1cncn1)CC2. The second kappa shape index (κ2) is 4.72. The van der Waals surface area contributed by atoms with Crippen LogP contribution in [0, 0.1) is 0 Å². The van der Waals surface area contributed by atoms with Gasteiger partial charge in [0.05, 0.1) is 17.9 Å². The van der Waals surface area contributed by atoms with Gasteiger partial charge in [-0.05, 0) is 18.1 Å². The highest BCUT2D eigenvalue weighted by Crippen LogP contribution is 2.33. The van der Waals surface area contributed by atoms with E-state index in [0.29, 0.717) is 25.2 Å². The fourth-order valence-electron chi connectivity index (χ4n) is 2.43. The van der Waals surface area contributed by atoms with Crippen molar-refractivity contribution in [3.05, 3.63) is 36.4 Å². The summed E-state index contributed by atoms with van der Waals surface area (Å²) in [6.07, 6.45) is 4.35. The highest BCUT2D eigenvalue weighted by atomic mass is 16.2. The molecular weight excluding hydrogens is 242 g/mol. The topological polar surface area (TPSA) is 77.0 Å². The minimum Gasteiger partial charge on any atom is -0.397 e. The molecule has 2 aromatic rings. The molecule has 0 aliphatic carbocycles. The summed E-state index contributed by atoms with van der Waals surface area (Å²) < 4.78 is 1.66. The predicted octanol–water partition coefficient (Wildman–Crippen LogP) is 0.840. The minimum atomic E-state index is 0.0761. The first-order valence-corrected chi connectivity index (χ1v) is 6.26. The number of nitrogen functional groups attached to an aromatic ring is 1. The van der Waals surface area contributed by atoms with Crippen LogP contribution in [0.15, 0.2) is 30.9 Å². The highest BCUT2D eigenvalue weighted by molar-refractivity contribution is 5.98. The fraction of sp³-hybridized carbons (Fsp3) is 0.308. The predicted molar refractivity (Wildman–Crippen MR) is 71.6 cm³/mol. The molecule has 98 valence electrons. The maximum atomic E-state index is 12.3. The Balaban J connectivity index is 1.73. The quantitative estimate of drug-likeness (QED) is 0.827. The Bertz CT molecular complexity index is 593. The number of rotatable bonds is 3. The van der Waals surface area contributed by atoms with Crippen LogP contribution in [0.25, 0.3) is 0 Å². The number of aromatic nitrogens is 3. The third kappa shape index (κ3) is 2.16. The van der Waals surface area contributed by atoms with Gasteiger partial charge in [0.1, 0.15) is 12.7 Å². The number of carbonyl (C=O) groups is 1. The first-order chi connectivity index (χ1) is 9.25. The van der Waals surface area contributed by atoms with E-state index in [2.05, 4.69) is 10.1 Å². The molecule has 6 heteroatoms. The molecule has 1 aliphatic rings. The van der Waals surface area contributed by atoms with Crippen molar-refractivity contribution in [1.29, 1.82) is 0 Å². The molecule has 1 aliphatic heterocycles. The van der Waals surface area contributed by atoms with Gasteiger partial charge in [-0.3, -0.25) is 9.48 Å². The number of anilines is 2. The van der Waals surface area contributed by atoms with Crippen LogP contribution < -0.4 is 10.6 Å². The van der Waals surface area contributed by atoms with Gasteiger partial charge in [-0.1, -0.05) is 12.1 Å². The van der Waals surface area contributed by atoms with E-state index in [4.69, 9.17) is 5.73 Å². The number of amides is 1. The van der Waals surface area contributed by atoms with Crippen LogP contribution >= 0.6 is 0 Å². The molecule has 19 heavy (non-hydrogen) atoms. The van der Waals surface area contributed by atoms with Gasteiger partial charge in [-0.15, -0.1) is 0 Å². The van der Waals surface area contributed by atoms with Crippen molar-refractivity contribution in [2.45, 2.75) is 19.4 Å². The van der Waals surface area contributed by atoms with Crippen LogP contribution in [-0.4, -0.2) is 27.2 Å². The lowest BCUT2D eigenvalue weighted by Crippen LogP contribution is -2.30. The van der Waals surface area contributed by atoms with Gasteiger partial charge in [-0.25, -0.2) is 4.98 Å². The Hall–Kier alpha value is -2.37. The molecule has 6 nitrogen and oxygen atoms in total. The number of nitrogens with zero attached hydrogens (tertiary/aromatic N) is 4. The zero-order chi connectivity index (χ0) is 13.2. The maximum Gasteiger partial charge on any atom is 0.228 e. The molecule has 0 spiro atoms. The molecule has 1 aromatic carbocycles. The first kappa shape index (κ1) is 11.7. The summed E-state index contributed by atoms with van der Waals surface area (Å²) in [6.45, 7) is 1.25. The lowest BCUT2D eigenvalue weighted by Gasteiger charge is -2.18. The van der Waals surface area contributed by atoms with Crippen molar-refractivity contribution in [3.8, 4) is 0 Å². The molecule has 0 saturated heterocycles. The number of fused-ring (bicyclic) bond motifs is 1. The van der Waals surface area contributed by atoms with E-state index >= 15 is 0 Å². The molecule has 0 radical (unpaired) electrons. The van der Waals surface area contributed by atoms with Crippen molar-refractivity contribution in [2.24, 2.45) is 0 Å². The third-order valence-corrected chi connectivity index (χ3v) is 3.35. The van der Waals surface area contributed by atoms with E-state index in [1.165, 1.54) is 6.33 Å². The van der Waals surface area contributed by atoms with E-state index in [1.807, 2.05) is 18.2 Å². The van der Waals surface area contributed by atoms with Crippen LogP contribution in [-0.2, 0) is 17.8 Å². The molecule has 3 rings (SSSR count). The van der Waals surface area contributed by atoms with Gasteiger partial charge in [0.2, 0.25) is 5.91 Å². The summed E-state index contributed by atoms with van der Waals surface area (Å²) in [5.74, 6) is 0.0761. The molecule has 2 heterocycles. The number of nitrogens with two attached hydrogens (primary N) is 1. The zero-order valence-electron chi connectivity index (χ0n) is 10.5. The Kier molecular flexibility index (Phi) is 2.91. The van der Waals surface area contributed by atoms with Crippen LogP contribution in [0.4, 0.5) is 11.4 Å². The Morgan fingerprint density at radius 1 is 1.42 bits per heavy atom. The summed E-state index contributed by atoms with van der Waals surface area (Å²) in [7, 11) is 0. The average molecular weight is 257 g/mol. The third-order valence-electron chi connectivity index (χ3n) is 3.35. The van der Waals surface area contributed by atoms with E-state index < -0.39 is 0 Å². The molecule has 0 atom stereocenters. The number of aryl methyl sites for hydroxylation is 1. The van der Waals surface area contributed by atoms with Crippen molar-refractivity contribution in [1.82, 2.24) is 14.8 Å². The monoisotopic (exact) mass is 257 g/mol. The molecule has 0 unspecified atom stereocenters. The molecule has 1 amide bonds. The van der Waals surface area contributed by atoms with E-state index in [9.17, 15) is 4.79 Å². The van der Waals surface area contributed by atoms with Gasteiger partial charge in [0.15, 0.2) is 0 Å². The molecule has 1 aromatic heterocycles. The molecule has 0 fully saturated rings. The van der Waals surface area contributed by atoms with Gasteiger partial charge in [-0.2, -0.15) is 5.10 Å². The van der Waals surface area contributed by atoms with Gasteiger partial charge in [0, 0.05) is 13.0 Å². The van der Waals surface area contributed by atoms with Crippen LogP contribution in [0.1, 0.15) is 12.0 Å². The number of carbonyl (C=O) groups excluding carboxylic acids is 1. The van der Waals surface area contributed by atoms with Crippen LogP contribution in [0.2, 0.25) is 0 Å². The number of benzene rings is 1. The highest BCUT2D eigenvalue weighted by Gasteiger charge is 2.26. The summed E-state index contributed by atoms with van der Waals surface area (Å²) in [5, 5.41) is 3.99. The number of hydrogen-bond acceptors (Lipinski definition) is 4. The van der Waals surface area contributed by atoms with Gasteiger partial charge in [0.25, 0.3) is 0 Å². The van der Waals surface area contributed by atoms with E-state index in [0.717, 1.165) is 17.7 Å². The molecule has 0 bridgehead atoms. The van der Waals surface area contributed by atoms with Gasteiger partial charge < -0.3 is 10.6 Å². The number of hydrogen-bond donors (Lipinski definition) is 1. The second-order valence-corrected chi connectivity index (χ2v) is 4.56. The lowest BCUT2D eigenvalue weighted by atomic mass is 10.1. The summed E-state index contributed by atoms with van der Waals surface area (Å²) >= 11 is 0. The average Bonchev–Trinajstić information content (AvgIpc) is 3.05. The second-order valence-electron chi connectivity index (χ2n) is 4.56. The summed E-state index contributed by atoms with van der Waals surface area (Å²) in [6, 6.07) is 5.79. The van der Waals surface area contributed by atoms with Gasteiger partial charge >= 0.3 is 0 Å². The maximum absolute atomic E-state index is 12.3. The Morgan fingerprint density at radius 2 is 2.32 bits per heavy atom.